The van der Waals surface area contributed by atoms with Crippen LogP contribution in [0.4, 0.5) is 0 Å². The van der Waals surface area contributed by atoms with E-state index in [0.29, 0.717) is 0 Å². The number of hydrogen-bond acceptors (Lipinski definition) is 4. The summed E-state index contributed by atoms with van der Waals surface area (Å²) in [6.45, 7) is -0.590. The highest BCUT2D eigenvalue weighted by Crippen LogP contribution is 2.42. The Balaban J connectivity index is 2.35. The number of rotatable bonds is 7. The summed E-state index contributed by atoms with van der Waals surface area (Å²) in [6.07, 6.45) is 0. The van der Waals surface area contributed by atoms with Crippen LogP contribution in [0.25, 0.3) is 0 Å². The largest absolute Gasteiger partial charge is 0.480 e. The molecule has 2 aromatic rings. The van der Waals surface area contributed by atoms with Gasteiger partial charge in [0.05, 0.1) is 16.0 Å². The van der Waals surface area contributed by atoms with E-state index < -0.39 is 32.4 Å². The van der Waals surface area contributed by atoms with Crippen molar-refractivity contribution < 1.29 is 23.1 Å². The van der Waals surface area contributed by atoms with Crippen molar-refractivity contribution in [3.8, 4) is 5.75 Å². The third-order valence-electron chi connectivity index (χ3n) is 3.29. The third kappa shape index (κ3) is 6.14. The maximum absolute atomic E-state index is 12.6. The number of aliphatic carboxylic acids is 1. The van der Waals surface area contributed by atoms with Gasteiger partial charge in [-0.2, -0.15) is 4.72 Å². The smallest absolute Gasteiger partial charge is 0.341 e. The Labute approximate surface area is 176 Å². The van der Waals surface area contributed by atoms with Crippen LogP contribution in [0.2, 0.25) is 5.02 Å². The van der Waals surface area contributed by atoms with Crippen LogP contribution in [0, 0.1) is 0 Å². The molecule has 0 aliphatic carbocycles. The van der Waals surface area contributed by atoms with Crippen molar-refractivity contribution in [2.45, 2.75) is 14.7 Å². The summed E-state index contributed by atoms with van der Waals surface area (Å²) >= 11 is 24.0. The van der Waals surface area contributed by atoms with Crippen molar-refractivity contribution in [3.63, 3.8) is 0 Å². The number of hydrogen-bond donors (Lipinski definition) is 2. The van der Waals surface area contributed by atoms with E-state index in [1.165, 1.54) is 30.3 Å². The van der Waals surface area contributed by atoms with E-state index in [-0.39, 0.29) is 21.2 Å². The Bertz CT molecular complexity index is 916. The lowest BCUT2D eigenvalue weighted by Crippen LogP contribution is -2.36. The topological polar surface area (TPSA) is 92.7 Å². The first-order chi connectivity index (χ1) is 12.5. The van der Waals surface area contributed by atoms with Gasteiger partial charge in [-0.15, -0.1) is 0 Å². The minimum absolute atomic E-state index is 0.00300. The molecule has 0 aliphatic rings. The maximum Gasteiger partial charge on any atom is 0.341 e. The van der Waals surface area contributed by atoms with Crippen molar-refractivity contribution in [1.82, 2.24) is 4.72 Å². The molecule has 2 N–H and O–H groups in total. The van der Waals surface area contributed by atoms with Gasteiger partial charge in [-0.05, 0) is 29.8 Å². The van der Waals surface area contributed by atoms with Crippen LogP contribution >= 0.6 is 46.4 Å². The van der Waals surface area contributed by atoms with Gasteiger partial charge in [0.25, 0.3) is 0 Å². The average Bonchev–Trinajstić information content (AvgIpc) is 2.58. The maximum atomic E-state index is 12.6. The van der Waals surface area contributed by atoms with Gasteiger partial charge < -0.3 is 9.84 Å². The molecule has 0 saturated carbocycles. The molecule has 0 radical (unpaired) electrons. The second kappa shape index (κ2) is 8.86. The predicted octanol–water partition coefficient (Wildman–Crippen LogP) is 4.19. The molecular weight excluding hydrogens is 460 g/mol. The number of alkyl halides is 3. The van der Waals surface area contributed by atoms with Crippen LogP contribution in [0.5, 0.6) is 5.75 Å². The lowest BCUT2D eigenvalue weighted by molar-refractivity contribution is -0.139. The van der Waals surface area contributed by atoms with Gasteiger partial charge in [0.1, 0.15) is 5.75 Å². The van der Waals surface area contributed by atoms with E-state index in [9.17, 15) is 13.2 Å². The Morgan fingerprint density at radius 1 is 1.15 bits per heavy atom. The molecule has 146 valence electrons. The average molecular weight is 473 g/mol. The first kappa shape index (κ1) is 22.1. The highest BCUT2D eigenvalue weighted by molar-refractivity contribution is 7.89. The van der Waals surface area contributed by atoms with Crippen LogP contribution < -0.4 is 9.46 Å². The minimum atomic E-state index is -3.99. The Morgan fingerprint density at radius 2 is 1.78 bits per heavy atom. The molecule has 0 fully saturated rings. The second-order valence-corrected chi connectivity index (χ2v) is 9.77. The summed E-state index contributed by atoms with van der Waals surface area (Å²) in [5.41, 5.74) is 0.252. The number of ether oxygens (including phenoxy) is 1. The van der Waals surface area contributed by atoms with E-state index in [4.69, 9.17) is 56.2 Å². The summed E-state index contributed by atoms with van der Waals surface area (Å²) in [6, 6.07) is 10.4. The summed E-state index contributed by atoms with van der Waals surface area (Å²) in [4.78, 5) is 10.6. The first-order valence-corrected chi connectivity index (χ1v) is 10.3. The van der Waals surface area contributed by atoms with Crippen LogP contribution in [0.3, 0.4) is 0 Å². The Kier molecular flexibility index (Phi) is 7.24. The zero-order chi connectivity index (χ0) is 20.2. The van der Waals surface area contributed by atoms with Crippen molar-refractivity contribution in [2.24, 2.45) is 0 Å². The molecule has 6 nitrogen and oxygen atoms in total. The van der Waals surface area contributed by atoms with Gasteiger partial charge >= 0.3 is 5.97 Å². The fraction of sp³-hybridized carbons (Fsp3) is 0.188. The predicted molar refractivity (Wildman–Crippen MR) is 104 cm³/mol. The quantitative estimate of drug-likeness (QED) is 0.589. The SMILES string of the molecule is O=C(O)COc1ccc([C@@H](NS(=O)(=O)c2ccccc2)C(Cl)(Cl)Cl)cc1Cl. The van der Waals surface area contributed by atoms with E-state index in [1.54, 1.807) is 18.2 Å². The molecule has 0 heterocycles. The number of carboxylic acids is 1. The molecule has 0 spiro atoms. The zero-order valence-corrected chi connectivity index (χ0v) is 17.2. The second-order valence-electron chi connectivity index (χ2n) is 5.28. The molecule has 27 heavy (non-hydrogen) atoms. The standard InChI is InChI=1S/C16H13Cl4NO5S/c17-12-8-10(6-7-13(12)26-9-14(22)23)15(16(18,19)20)21-27(24,25)11-4-2-1-3-5-11/h1-8,15,21H,9H2,(H,22,23)/t15-/m1/s1. The summed E-state index contributed by atoms with van der Waals surface area (Å²) < 4.78 is 30.5. The van der Waals surface area contributed by atoms with Gasteiger partial charge in [0.2, 0.25) is 13.8 Å². The molecule has 0 unspecified atom stereocenters. The summed E-state index contributed by atoms with van der Waals surface area (Å²) in [5, 5.41) is 8.69. The van der Waals surface area contributed by atoms with E-state index in [2.05, 4.69) is 4.72 Å². The zero-order valence-electron chi connectivity index (χ0n) is 13.4. The van der Waals surface area contributed by atoms with Crippen LogP contribution in [0.15, 0.2) is 53.4 Å². The molecule has 0 amide bonds. The fourth-order valence-electron chi connectivity index (χ4n) is 2.10. The van der Waals surface area contributed by atoms with Gasteiger partial charge in [-0.25, -0.2) is 13.2 Å². The Hall–Kier alpha value is -1.22. The summed E-state index contributed by atoms with van der Waals surface area (Å²) in [7, 11) is -3.99. The Morgan fingerprint density at radius 3 is 2.30 bits per heavy atom. The van der Waals surface area contributed by atoms with E-state index in [0.717, 1.165) is 0 Å². The van der Waals surface area contributed by atoms with Crippen molar-refractivity contribution >= 4 is 62.4 Å². The molecule has 0 aliphatic heterocycles. The van der Waals surface area contributed by atoms with E-state index >= 15 is 0 Å². The molecule has 0 bridgehead atoms. The molecule has 11 heteroatoms. The molecule has 2 aromatic carbocycles. The lowest BCUT2D eigenvalue weighted by atomic mass is 10.1. The van der Waals surface area contributed by atoms with Gasteiger partial charge in [-0.3, -0.25) is 0 Å². The molecular formula is C16H13Cl4NO5S. The van der Waals surface area contributed by atoms with Crippen LogP contribution in [-0.4, -0.2) is 29.9 Å². The number of nitrogens with one attached hydrogen (secondary N) is 1. The van der Waals surface area contributed by atoms with Crippen molar-refractivity contribution in [2.75, 3.05) is 6.61 Å². The van der Waals surface area contributed by atoms with Gasteiger partial charge in [0.15, 0.2) is 6.61 Å². The third-order valence-corrected chi connectivity index (χ3v) is 5.68. The highest BCUT2D eigenvalue weighted by atomic mass is 35.6. The van der Waals surface area contributed by atoms with E-state index in [1.807, 2.05) is 0 Å². The van der Waals surface area contributed by atoms with Crippen LogP contribution in [0.1, 0.15) is 11.6 Å². The molecule has 2 rings (SSSR count). The normalized spacial score (nSPS) is 13.2. The van der Waals surface area contributed by atoms with Gasteiger partial charge in [-0.1, -0.05) is 70.7 Å². The fourth-order valence-corrected chi connectivity index (χ4v) is 4.35. The number of halogens is 4. The number of benzene rings is 2. The first-order valence-electron chi connectivity index (χ1n) is 7.29. The van der Waals surface area contributed by atoms with Gasteiger partial charge in [0, 0.05) is 0 Å². The molecule has 1 atom stereocenters. The molecule has 0 saturated heterocycles. The van der Waals surface area contributed by atoms with Crippen molar-refractivity contribution in [1.29, 1.82) is 0 Å². The number of carboxylic acid groups (broad SMARTS) is 1. The minimum Gasteiger partial charge on any atom is -0.480 e. The van der Waals surface area contributed by atoms with Crippen molar-refractivity contribution in [3.05, 3.63) is 59.1 Å². The monoisotopic (exact) mass is 471 g/mol. The molecule has 0 aromatic heterocycles. The van der Waals surface area contributed by atoms with Crippen LogP contribution in [-0.2, 0) is 14.8 Å². The highest BCUT2D eigenvalue weighted by Gasteiger charge is 2.37. The lowest BCUT2D eigenvalue weighted by Gasteiger charge is -2.26. The number of carbonyl (C=O) groups is 1. The summed E-state index contributed by atoms with van der Waals surface area (Å²) in [5.74, 6) is -1.08. The number of sulfonamides is 1.